The molecule has 0 heterocycles. The van der Waals surface area contributed by atoms with Crippen molar-refractivity contribution in [2.45, 2.75) is 13.8 Å². The van der Waals surface area contributed by atoms with Gasteiger partial charge in [0.25, 0.3) is 0 Å². The number of carboxylic acids is 1. The SMILES string of the molecule is CC(=O)Oc1c(Cl)cc(C(=O)O)c(OC(C)=O)c1Cl. The fourth-order valence-corrected chi connectivity index (χ4v) is 1.79. The van der Waals surface area contributed by atoms with Gasteiger partial charge in [-0.05, 0) is 6.07 Å². The first kappa shape index (κ1) is 15.3. The number of hydrogen-bond donors (Lipinski definition) is 1. The Hall–Kier alpha value is -1.79. The second-order valence-corrected chi connectivity index (χ2v) is 4.16. The number of halogens is 2. The molecule has 1 aromatic rings. The summed E-state index contributed by atoms with van der Waals surface area (Å²) in [7, 11) is 0. The number of carbonyl (C=O) groups is 3. The van der Waals surface area contributed by atoms with Crippen molar-refractivity contribution < 1.29 is 29.0 Å². The van der Waals surface area contributed by atoms with Crippen molar-refractivity contribution in [2.75, 3.05) is 0 Å². The molecule has 19 heavy (non-hydrogen) atoms. The van der Waals surface area contributed by atoms with Crippen LogP contribution in [0.5, 0.6) is 11.5 Å². The Balaban J connectivity index is 3.50. The van der Waals surface area contributed by atoms with Crippen LogP contribution < -0.4 is 9.47 Å². The molecule has 0 unspecified atom stereocenters. The smallest absolute Gasteiger partial charge is 0.339 e. The van der Waals surface area contributed by atoms with Crippen molar-refractivity contribution in [3.63, 3.8) is 0 Å². The van der Waals surface area contributed by atoms with Gasteiger partial charge >= 0.3 is 17.9 Å². The zero-order chi connectivity index (χ0) is 14.7. The highest BCUT2D eigenvalue weighted by atomic mass is 35.5. The summed E-state index contributed by atoms with van der Waals surface area (Å²) in [6.45, 7) is 2.19. The number of aromatic carboxylic acids is 1. The molecule has 0 bridgehead atoms. The highest BCUT2D eigenvalue weighted by Gasteiger charge is 2.24. The van der Waals surface area contributed by atoms with Crippen LogP contribution in [0.15, 0.2) is 6.07 Å². The van der Waals surface area contributed by atoms with Gasteiger partial charge in [-0.1, -0.05) is 23.2 Å². The largest absolute Gasteiger partial charge is 0.478 e. The van der Waals surface area contributed by atoms with Gasteiger partial charge in [-0.25, -0.2) is 4.79 Å². The van der Waals surface area contributed by atoms with Crippen molar-refractivity contribution in [3.8, 4) is 11.5 Å². The lowest BCUT2D eigenvalue weighted by atomic mass is 10.2. The Kier molecular flexibility index (Phi) is 4.74. The van der Waals surface area contributed by atoms with Crippen LogP contribution in [0.1, 0.15) is 24.2 Å². The monoisotopic (exact) mass is 306 g/mol. The van der Waals surface area contributed by atoms with Crippen molar-refractivity contribution in [3.05, 3.63) is 21.7 Å². The van der Waals surface area contributed by atoms with Gasteiger partial charge in [-0.2, -0.15) is 0 Å². The minimum Gasteiger partial charge on any atom is -0.478 e. The van der Waals surface area contributed by atoms with Gasteiger partial charge in [0.1, 0.15) is 10.6 Å². The molecule has 1 aromatic carbocycles. The zero-order valence-corrected chi connectivity index (χ0v) is 11.3. The summed E-state index contributed by atoms with van der Waals surface area (Å²) >= 11 is 11.6. The van der Waals surface area contributed by atoms with E-state index in [9.17, 15) is 14.4 Å². The molecule has 0 amide bonds. The molecule has 0 aliphatic heterocycles. The number of carbonyl (C=O) groups excluding carboxylic acids is 2. The predicted molar refractivity (Wildman–Crippen MR) is 66.0 cm³/mol. The Bertz CT molecular complexity index is 567. The highest BCUT2D eigenvalue weighted by Crippen LogP contribution is 2.42. The molecule has 0 saturated heterocycles. The lowest BCUT2D eigenvalue weighted by Gasteiger charge is -2.13. The van der Waals surface area contributed by atoms with Crippen LogP contribution in [-0.2, 0) is 9.59 Å². The summed E-state index contributed by atoms with van der Waals surface area (Å²) in [5.41, 5.74) is -0.416. The van der Waals surface area contributed by atoms with Crippen LogP contribution in [0.3, 0.4) is 0 Å². The van der Waals surface area contributed by atoms with Crippen LogP contribution in [-0.4, -0.2) is 23.0 Å². The topological polar surface area (TPSA) is 89.9 Å². The van der Waals surface area contributed by atoms with Crippen LogP contribution >= 0.6 is 23.2 Å². The molecular weight excluding hydrogens is 299 g/mol. The van der Waals surface area contributed by atoms with E-state index >= 15 is 0 Å². The quantitative estimate of drug-likeness (QED) is 0.681. The Morgan fingerprint density at radius 3 is 1.95 bits per heavy atom. The van der Waals surface area contributed by atoms with Crippen LogP contribution in [0.4, 0.5) is 0 Å². The second kappa shape index (κ2) is 5.90. The van der Waals surface area contributed by atoms with E-state index in [0.717, 1.165) is 19.9 Å². The second-order valence-electron chi connectivity index (χ2n) is 3.37. The average molecular weight is 307 g/mol. The summed E-state index contributed by atoms with van der Waals surface area (Å²) in [5.74, 6) is -3.57. The molecule has 0 saturated carbocycles. The summed E-state index contributed by atoms with van der Waals surface area (Å²) in [5, 5.41) is 8.43. The van der Waals surface area contributed by atoms with Gasteiger partial charge in [0, 0.05) is 13.8 Å². The normalized spacial score (nSPS) is 9.89. The van der Waals surface area contributed by atoms with Crippen molar-refractivity contribution in [2.24, 2.45) is 0 Å². The molecule has 0 spiro atoms. The fourth-order valence-electron chi connectivity index (χ4n) is 1.22. The van der Waals surface area contributed by atoms with E-state index in [4.69, 9.17) is 37.8 Å². The molecule has 0 aliphatic rings. The van der Waals surface area contributed by atoms with Gasteiger partial charge in [0.15, 0.2) is 11.5 Å². The van der Waals surface area contributed by atoms with E-state index in [1.54, 1.807) is 0 Å². The Morgan fingerprint density at radius 2 is 1.53 bits per heavy atom. The van der Waals surface area contributed by atoms with E-state index in [1.807, 2.05) is 0 Å². The third-order valence-corrected chi connectivity index (χ3v) is 2.48. The van der Waals surface area contributed by atoms with Crippen LogP contribution in [0.2, 0.25) is 10.0 Å². The van der Waals surface area contributed by atoms with Gasteiger partial charge in [0.2, 0.25) is 0 Å². The minimum atomic E-state index is -1.39. The number of ether oxygens (including phenoxy) is 2. The molecule has 6 nitrogen and oxygen atoms in total. The first-order chi connectivity index (χ1) is 8.73. The summed E-state index contributed by atoms with van der Waals surface area (Å²) < 4.78 is 9.46. The third-order valence-electron chi connectivity index (χ3n) is 1.85. The predicted octanol–water partition coefficient (Wildman–Crippen LogP) is 2.54. The molecule has 8 heteroatoms. The summed E-state index contributed by atoms with van der Waals surface area (Å²) in [6.07, 6.45) is 0. The van der Waals surface area contributed by atoms with Gasteiger partial charge < -0.3 is 14.6 Å². The maximum Gasteiger partial charge on any atom is 0.339 e. The molecule has 0 fully saturated rings. The van der Waals surface area contributed by atoms with Crippen LogP contribution in [0.25, 0.3) is 0 Å². The number of carboxylic acid groups (broad SMARTS) is 1. The fraction of sp³-hybridized carbons (Fsp3) is 0.182. The standard InChI is InChI=1S/C11H8Cl2O6/c1-4(14)18-9-6(11(16)17)3-7(12)10(8(9)13)19-5(2)15/h3H,1-2H3,(H,16,17). The first-order valence-electron chi connectivity index (χ1n) is 4.86. The van der Waals surface area contributed by atoms with Gasteiger partial charge in [0.05, 0.1) is 5.02 Å². The van der Waals surface area contributed by atoms with Crippen LogP contribution in [0, 0.1) is 0 Å². The molecule has 0 aliphatic carbocycles. The molecule has 102 valence electrons. The maximum absolute atomic E-state index is 11.0. The van der Waals surface area contributed by atoms with E-state index in [-0.39, 0.29) is 15.8 Å². The molecule has 0 radical (unpaired) electrons. The Morgan fingerprint density at radius 1 is 1.05 bits per heavy atom. The summed E-state index contributed by atoms with van der Waals surface area (Å²) in [6, 6.07) is 0.978. The number of hydrogen-bond acceptors (Lipinski definition) is 5. The van der Waals surface area contributed by atoms with Crippen molar-refractivity contribution >= 4 is 41.1 Å². The zero-order valence-electron chi connectivity index (χ0n) is 9.82. The number of esters is 2. The number of benzene rings is 1. The van der Waals surface area contributed by atoms with Gasteiger partial charge in [-0.3, -0.25) is 9.59 Å². The highest BCUT2D eigenvalue weighted by molar-refractivity contribution is 6.39. The van der Waals surface area contributed by atoms with E-state index < -0.39 is 29.2 Å². The minimum absolute atomic E-state index is 0.187. The maximum atomic E-state index is 11.0. The van der Waals surface area contributed by atoms with Crippen molar-refractivity contribution in [1.82, 2.24) is 0 Å². The molecule has 1 rings (SSSR count). The average Bonchev–Trinajstić information content (AvgIpc) is 2.26. The molecule has 1 N–H and O–H groups in total. The molecule has 0 aromatic heterocycles. The number of rotatable bonds is 3. The lowest BCUT2D eigenvalue weighted by molar-refractivity contribution is -0.132. The molecular formula is C11H8Cl2O6. The van der Waals surface area contributed by atoms with Crippen molar-refractivity contribution in [1.29, 1.82) is 0 Å². The van der Waals surface area contributed by atoms with E-state index in [2.05, 4.69) is 0 Å². The first-order valence-corrected chi connectivity index (χ1v) is 5.61. The van der Waals surface area contributed by atoms with E-state index in [0.29, 0.717) is 0 Å². The van der Waals surface area contributed by atoms with E-state index in [1.165, 1.54) is 0 Å². The lowest BCUT2D eigenvalue weighted by Crippen LogP contribution is -2.10. The summed E-state index contributed by atoms with van der Waals surface area (Å²) in [4.78, 5) is 32.9. The third kappa shape index (κ3) is 3.59. The Labute approximate surface area is 117 Å². The van der Waals surface area contributed by atoms with Gasteiger partial charge in [-0.15, -0.1) is 0 Å². The molecule has 0 atom stereocenters.